The monoisotopic (exact) mass is 474 g/mol. The van der Waals surface area contributed by atoms with Crippen LogP contribution in [0.3, 0.4) is 0 Å². The van der Waals surface area contributed by atoms with Crippen molar-refractivity contribution in [1.29, 1.82) is 0 Å². The Morgan fingerprint density at radius 1 is 0.765 bits per heavy atom. The summed E-state index contributed by atoms with van der Waals surface area (Å²) >= 11 is 0. The van der Waals surface area contributed by atoms with Crippen molar-refractivity contribution in [1.82, 2.24) is 0 Å². The fraction of sp³-hybridized carbons (Fsp3) is 0.933. The van der Waals surface area contributed by atoms with Crippen molar-refractivity contribution in [3.63, 3.8) is 0 Å². The quantitative estimate of drug-likeness (QED) is 0.369. The minimum absolute atomic E-state index is 0.0681. The molecule has 34 heavy (non-hydrogen) atoms. The van der Waals surface area contributed by atoms with E-state index in [1.165, 1.54) is 5.57 Å². The van der Waals surface area contributed by atoms with E-state index in [-0.39, 0.29) is 38.6 Å². The van der Waals surface area contributed by atoms with E-state index >= 15 is 0 Å². The molecule has 4 fully saturated rings. The van der Waals surface area contributed by atoms with Crippen LogP contribution in [0, 0.1) is 50.2 Å². The van der Waals surface area contributed by atoms with Gasteiger partial charge in [-0.3, -0.25) is 0 Å². The number of fused-ring (bicyclic) bond motifs is 7. The molecule has 0 saturated heterocycles. The summed E-state index contributed by atoms with van der Waals surface area (Å²) in [7, 11) is 0. The standard InChI is InChI=1S/C30H50O4/c1-25(2)13-18-17-9-10-21-28(6)14-19(31)24(34)26(3,4)20(28)11-12-29(21,7)30(17,8)23(33)16-27(18,5)15-22(25)32/h9,18-24,31-34H,10-16H2,1-8H3/t18-,19-,20-,21+,22-,23-,24-,27+,28-,29+,30-/m0/s1. The first-order valence-electron chi connectivity index (χ1n) is 13.9. The molecule has 5 aliphatic rings. The lowest BCUT2D eigenvalue weighted by atomic mass is 9.33. The zero-order chi connectivity index (χ0) is 25.3. The molecular formula is C30H50O4. The summed E-state index contributed by atoms with van der Waals surface area (Å²) in [6, 6.07) is 0. The zero-order valence-electron chi connectivity index (χ0n) is 22.9. The van der Waals surface area contributed by atoms with Crippen LogP contribution in [0.15, 0.2) is 11.6 Å². The van der Waals surface area contributed by atoms with Crippen LogP contribution in [0.1, 0.15) is 100 Å². The molecule has 4 heteroatoms. The molecule has 0 bridgehead atoms. The van der Waals surface area contributed by atoms with Crippen molar-refractivity contribution in [2.24, 2.45) is 50.2 Å². The van der Waals surface area contributed by atoms with Gasteiger partial charge in [0.05, 0.1) is 24.4 Å². The maximum absolute atomic E-state index is 12.0. The van der Waals surface area contributed by atoms with Crippen LogP contribution < -0.4 is 0 Å². The Balaban J connectivity index is 1.62. The van der Waals surface area contributed by atoms with Gasteiger partial charge in [-0.1, -0.05) is 67.0 Å². The Labute approximate surface area is 207 Å². The molecule has 0 aromatic carbocycles. The second-order valence-electron chi connectivity index (χ2n) is 15.5. The molecule has 4 saturated carbocycles. The summed E-state index contributed by atoms with van der Waals surface area (Å²) in [6.45, 7) is 18.2. The van der Waals surface area contributed by atoms with E-state index < -0.39 is 18.3 Å². The normalized spacial score (nSPS) is 58.0. The van der Waals surface area contributed by atoms with Gasteiger partial charge >= 0.3 is 0 Å². The number of aliphatic hydroxyl groups is 4. The highest BCUT2D eigenvalue weighted by Gasteiger charge is 2.71. The zero-order valence-corrected chi connectivity index (χ0v) is 22.9. The second kappa shape index (κ2) is 7.11. The molecule has 0 aliphatic heterocycles. The third kappa shape index (κ3) is 2.86. The first-order valence-corrected chi connectivity index (χ1v) is 13.9. The average Bonchev–Trinajstić information content (AvgIpc) is 2.70. The third-order valence-corrected chi connectivity index (χ3v) is 13.2. The van der Waals surface area contributed by atoms with Gasteiger partial charge in [-0.2, -0.15) is 0 Å². The van der Waals surface area contributed by atoms with E-state index in [0.29, 0.717) is 24.2 Å². The molecule has 0 amide bonds. The molecule has 0 radical (unpaired) electrons. The van der Waals surface area contributed by atoms with Gasteiger partial charge in [0.1, 0.15) is 0 Å². The molecule has 0 spiro atoms. The van der Waals surface area contributed by atoms with Crippen molar-refractivity contribution >= 4 is 0 Å². The summed E-state index contributed by atoms with van der Waals surface area (Å²) in [4.78, 5) is 0. The highest BCUT2D eigenvalue weighted by molar-refractivity contribution is 5.35. The molecule has 11 atom stereocenters. The van der Waals surface area contributed by atoms with Gasteiger partial charge < -0.3 is 20.4 Å². The summed E-state index contributed by atoms with van der Waals surface area (Å²) in [5, 5.41) is 44.8. The SMILES string of the molecule is CC1(C)C[C@H]2C3=CC[C@@H]4[C@@]5(C)C[C@H](O)[C@H](O)C(C)(C)[C@@H]5CC[C@@]4(C)[C@]3(C)[C@@H](O)C[C@@]2(C)C[C@@H]1O. The molecular weight excluding hydrogens is 424 g/mol. The predicted octanol–water partition coefficient (Wildman–Crippen LogP) is 5.08. The lowest BCUT2D eigenvalue weighted by molar-refractivity contribution is -0.245. The van der Waals surface area contributed by atoms with Crippen LogP contribution in [0.5, 0.6) is 0 Å². The minimum Gasteiger partial charge on any atom is -0.393 e. The number of rotatable bonds is 0. The van der Waals surface area contributed by atoms with Gasteiger partial charge in [-0.25, -0.2) is 0 Å². The third-order valence-electron chi connectivity index (χ3n) is 13.2. The van der Waals surface area contributed by atoms with Crippen molar-refractivity contribution in [3.05, 3.63) is 11.6 Å². The summed E-state index contributed by atoms with van der Waals surface area (Å²) in [6.07, 6.45) is 6.51. The van der Waals surface area contributed by atoms with E-state index in [0.717, 1.165) is 38.5 Å². The van der Waals surface area contributed by atoms with Crippen LogP contribution in [-0.4, -0.2) is 44.8 Å². The van der Waals surface area contributed by atoms with E-state index in [1.807, 2.05) is 0 Å². The lowest BCUT2D eigenvalue weighted by Crippen LogP contribution is -2.69. The van der Waals surface area contributed by atoms with Crippen molar-refractivity contribution in [2.75, 3.05) is 0 Å². The summed E-state index contributed by atoms with van der Waals surface area (Å²) < 4.78 is 0. The highest BCUT2D eigenvalue weighted by Crippen LogP contribution is 2.75. The molecule has 0 aromatic rings. The second-order valence-corrected chi connectivity index (χ2v) is 15.5. The molecule has 5 aliphatic carbocycles. The van der Waals surface area contributed by atoms with Gasteiger partial charge in [0.15, 0.2) is 0 Å². The Bertz CT molecular complexity index is 892. The Kier molecular flexibility index (Phi) is 5.28. The first-order chi connectivity index (χ1) is 15.4. The van der Waals surface area contributed by atoms with Gasteiger partial charge in [0, 0.05) is 5.41 Å². The van der Waals surface area contributed by atoms with Crippen LogP contribution in [0.2, 0.25) is 0 Å². The minimum atomic E-state index is -0.697. The number of hydrogen-bond donors (Lipinski definition) is 4. The number of allylic oxidation sites excluding steroid dienone is 1. The molecule has 5 rings (SSSR count). The Morgan fingerprint density at radius 2 is 1.38 bits per heavy atom. The van der Waals surface area contributed by atoms with Gasteiger partial charge in [0.2, 0.25) is 0 Å². The van der Waals surface area contributed by atoms with Crippen LogP contribution >= 0.6 is 0 Å². The maximum Gasteiger partial charge on any atom is 0.0852 e. The van der Waals surface area contributed by atoms with E-state index in [1.54, 1.807) is 0 Å². The van der Waals surface area contributed by atoms with Gasteiger partial charge in [0.25, 0.3) is 0 Å². The summed E-state index contributed by atoms with van der Waals surface area (Å²) in [5.41, 5.74) is 0.471. The molecule has 4 nitrogen and oxygen atoms in total. The molecule has 0 unspecified atom stereocenters. The topological polar surface area (TPSA) is 80.9 Å². The van der Waals surface area contributed by atoms with Crippen molar-refractivity contribution < 1.29 is 20.4 Å². The lowest BCUT2D eigenvalue weighted by Gasteiger charge is -2.72. The smallest absolute Gasteiger partial charge is 0.0852 e. The Morgan fingerprint density at radius 3 is 2.03 bits per heavy atom. The van der Waals surface area contributed by atoms with Gasteiger partial charge in [-0.15, -0.1) is 0 Å². The predicted molar refractivity (Wildman–Crippen MR) is 135 cm³/mol. The van der Waals surface area contributed by atoms with Crippen LogP contribution in [-0.2, 0) is 0 Å². The van der Waals surface area contributed by atoms with Gasteiger partial charge in [-0.05, 0) is 89.8 Å². The molecule has 0 heterocycles. The van der Waals surface area contributed by atoms with Crippen molar-refractivity contribution in [2.45, 2.75) is 125 Å². The Hall–Kier alpha value is -0.420. The fourth-order valence-corrected chi connectivity index (χ4v) is 10.8. The van der Waals surface area contributed by atoms with Crippen LogP contribution in [0.25, 0.3) is 0 Å². The van der Waals surface area contributed by atoms with E-state index in [4.69, 9.17) is 0 Å². The molecule has 194 valence electrons. The molecule has 4 N–H and O–H groups in total. The first kappa shape index (κ1) is 25.2. The van der Waals surface area contributed by atoms with Crippen molar-refractivity contribution in [3.8, 4) is 0 Å². The fourth-order valence-electron chi connectivity index (χ4n) is 10.8. The average molecular weight is 475 g/mol. The highest BCUT2D eigenvalue weighted by atomic mass is 16.3. The number of aliphatic hydroxyl groups excluding tert-OH is 4. The van der Waals surface area contributed by atoms with E-state index in [2.05, 4.69) is 61.5 Å². The maximum atomic E-state index is 12.0. The molecule has 0 aromatic heterocycles. The van der Waals surface area contributed by atoms with Crippen LogP contribution in [0.4, 0.5) is 0 Å². The van der Waals surface area contributed by atoms with E-state index in [9.17, 15) is 20.4 Å². The summed E-state index contributed by atoms with van der Waals surface area (Å²) in [5.74, 6) is 1.10. The number of hydrogen-bond acceptors (Lipinski definition) is 4. The largest absolute Gasteiger partial charge is 0.393 e.